The molecule has 0 aliphatic rings. The minimum absolute atomic E-state index is 0.0291. The van der Waals surface area contributed by atoms with Gasteiger partial charge in [-0.3, -0.25) is 0 Å². The van der Waals surface area contributed by atoms with Crippen LogP contribution in [0, 0.1) is 24.2 Å². The van der Waals surface area contributed by atoms with Crippen LogP contribution in [0.5, 0.6) is 0 Å². The molecule has 0 saturated heterocycles. The lowest BCUT2D eigenvalue weighted by atomic mass is 9.92. The Hall–Kier alpha value is -1.86. The molecular weight excluding hydrogens is 226 g/mol. The summed E-state index contributed by atoms with van der Waals surface area (Å²) in [7, 11) is 1.88. The molecular formula is C14H17N3O. The second-order valence-electron chi connectivity index (χ2n) is 4.37. The van der Waals surface area contributed by atoms with E-state index in [0.717, 1.165) is 23.1 Å². The first kappa shape index (κ1) is 12.6. The van der Waals surface area contributed by atoms with E-state index in [2.05, 4.69) is 16.4 Å². The summed E-state index contributed by atoms with van der Waals surface area (Å²) in [5.74, 6) is 0.621. The van der Waals surface area contributed by atoms with Gasteiger partial charge in [-0.15, -0.1) is 0 Å². The predicted octanol–water partition coefficient (Wildman–Crippen LogP) is 2.95. The van der Waals surface area contributed by atoms with E-state index < -0.39 is 0 Å². The fourth-order valence-corrected chi connectivity index (χ4v) is 2.25. The molecule has 1 aromatic carbocycles. The van der Waals surface area contributed by atoms with E-state index >= 15 is 0 Å². The van der Waals surface area contributed by atoms with Crippen LogP contribution in [-0.4, -0.2) is 12.0 Å². The highest BCUT2D eigenvalue weighted by Gasteiger charge is 2.20. The summed E-state index contributed by atoms with van der Waals surface area (Å²) in [6.07, 6.45) is 0.817. The Labute approximate surface area is 107 Å². The second-order valence-corrected chi connectivity index (χ2v) is 4.37. The number of benzene rings is 1. The molecule has 0 fully saturated rings. The number of aromatic nitrogens is 1. The summed E-state index contributed by atoms with van der Waals surface area (Å²) in [5, 5.41) is 12.4. The Bertz CT molecular complexity index is 582. The van der Waals surface area contributed by atoms with Crippen LogP contribution in [0.1, 0.15) is 30.8 Å². The Morgan fingerprint density at radius 2 is 2.28 bits per heavy atom. The van der Waals surface area contributed by atoms with E-state index in [1.165, 1.54) is 0 Å². The van der Waals surface area contributed by atoms with Gasteiger partial charge in [-0.25, -0.2) is 4.98 Å². The first-order chi connectivity index (χ1) is 8.69. The highest BCUT2D eigenvalue weighted by Crippen LogP contribution is 2.27. The largest absolute Gasteiger partial charge is 0.441 e. The van der Waals surface area contributed by atoms with Gasteiger partial charge in [0.15, 0.2) is 11.5 Å². The van der Waals surface area contributed by atoms with Crippen LogP contribution in [0.25, 0.3) is 11.1 Å². The maximum absolute atomic E-state index is 9.18. The smallest absolute Gasteiger partial charge is 0.192 e. The van der Waals surface area contributed by atoms with Gasteiger partial charge in [-0.2, -0.15) is 5.26 Å². The average molecular weight is 243 g/mol. The first-order valence-electron chi connectivity index (χ1n) is 6.13. The summed E-state index contributed by atoms with van der Waals surface area (Å²) in [6, 6.07) is 8.28. The Kier molecular flexibility index (Phi) is 3.63. The molecule has 1 aromatic heterocycles. The van der Waals surface area contributed by atoms with Gasteiger partial charge >= 0.3 is 0 Å². The molecule has 4 nitrogen and oxygen atoms in total. The van der Waals surface area contributed by atoms with Crippen molar-refractivity contribution < 1.29 is 4.42 Å². The van der Waals surface area contributed by atoms with E-state index in [1.807, 2.05) is 39.1 Å². The van der Waals surface area contributed by atoms with Gasteiger partial charge in [0.1, 0.15) is 5.52 Å². The Balaban J connectivity index is 2.42. The maximum Gasteiger partial charge on any atom is 0.192 e. The third-order valence-electron chi connectivity index (χ3n) is 3.20. The van der Waals surface area contributed by atoms with E-state index in [1.54, 1.807) is 0 Å². The SMILES string of the molecule is CCC(C#N)C(NC)c1ccc2oc(C)nc2c1. The third-order valence-corrected chi connectivity index (χ3v) is 3.20. The van der Waals surface area contributed by atoms with Crippen LogP contribution < -0.4 is 5.32 Å². The van der Waals surface area contributed by atoms with E-state index in [0.29, 0.717) is 5.89 Å². The molecule has 0 saturated carbocycles. The molecule has 0 aliphatic carbocycles. The van der Waals surface area contributed by atoms with Crippen molar-refractivity contribution in [3.05, 3.63) is 29.7 Å². The lowest BCUT2D eigenvalue weighted by Crippen LogP contribution is -2.23. The maximum atomic E-state index is 9.18. The average Bonchev–Trinajstić information content (AvgIpc) is 2.74. The van der Waals surface area contributed by atoms with Gasteiger partial charge < -0.3 is 9.73 Å². The number of oxazole rings is 1. The van der Waals surface area contributed by atoms with Crippen molar-refractivity contribution in [3.63, 3.8) is 0 Å². The molecule has 0 radical (unpaired) electrons. The molecule has 0 spiro atoms. The highest BCUT2D eigenvalue weighted by molar-refractivity contribution is 5.73. The van der Waals surface area contributed by atoms with Crippen molar-refractivity contribution in [1.29, 1.82) is 5.26 Å². The number of hydrogen-bond acceptors (Lipinski definition) is 4. The van der Waals surface area contributed by atoms with Gasteiger partial charge in [-0.05, 0) is 31.2 Å². The van der Waals surface area contributed by atoms with E-state index in [4.69, 9.17) is 4.42 Å². The molecule has 0 aliphatic heterocycles. The van der Waals surface area contributed by atoms with Crippen molar-refractivity contribution in [3.8, 4) is 6.07 Å². The summed E-state index contributed by atoms with van der Waals surface area (Å²) >= 11 is 0. The van der Waals surface area contributed by atoms with E-state index in [-0.39, 0.29) is 12.0 Å². The zero-order valence-electron chi connectivity index (χ0n) is 10.9. The first-order valence-corrected chi connectivity index (χ1v) is 6.13. The number of nitrogens with zero attached hydrogens (tertiary/aromatic N) is 2. The molecule has 0 bridgehead atoms. The summed E-state index contributed by atoms with van der Waals surface area (Å²) in [4.78, 5) is 4.32. The Morgan fingerprint density at radius 3 is 2.89 bits per heavy atom. The number of nitriles is 1. The van der Waals surface area contributed by atoms with Crippen molar-refractivity contribution in [2.75, 3.05) is 7.05 Å². The molecule has 2 aromatic rings. The van der Waals surface area contributed by atoms with Crippen LogP contribution in [0.15, 0.2) is 22.6 Å². The van der Waals surface area contributed by atoms with Crippen LogP contribution >= 0.6 is 0 Å². The molecule has 1 N–H and O–H groups in total. The number of fused-ring (bicyclic) bond motifs is 1. The van der Waals surface area contributed by atoms with Gasteiger partial charge in [-0.1, -0.05) is 13.0 Å². The normalized spacial score (nSPS) is 14.3. The second kappa shape index (κ2) is 5.19. The summed E-state index contributed by atoms with van der Waals surface area (Å²) < 4.78 is 5.45. The number of nitrogens with one attached hydrogen (secondary N) is 1. The van der Waals surface area contributed by atoms with Crippen LogP contribution in [-0.2, 0) is 0 Å². The van der Waals surface area contributed by atoms with Crippen LogP contribution in [0.2, 0.25) is 0 Å². The lowest BCUT2D eigenvalue weighted by Gasteiger charge is -2.20. The molecule has 94 valence electrons. The molecule has 18 heavy (non-hydrogen) atoms. The quantitative estimate of drug-likeness (QED) is 0.896. The zero-order valence-corrected chi connectivity index (χ0v) is 10.9. The monoisotopic (exact) mass is 243 g/mol. The molecule has 4 heteroatoms. The van der Waals surface area contributed by atoms with E-state index in [9.17, 15) is 5.26 Å². The van der Waals surface area contributed by atoms with Crippen molar-refractivity contribution in [2.24, 2.45) is 5.92 Å². The predicted molar refractivity (Wildman–Crippen MR) is 69.9 cm³/mol. The fourth-order valence-electron chi connectivity index (χ4n) is 2.25. The van der Waals surface area contributed by atoms with Crippen LogP contribution in [0.4, 0.5) is 0 Å². The number of hydrogen-bond donors (Lipinski definition) is 1. The fraction of sp³-hybridized carbons (Fsp3) is 0.429. The minimum Gasteiger partial charge on any atom is -0.441 e. The molecule has 2 rings (SSSR count). The van der Waals surface area contributed by atoms with Crippen LogP contribution in [0.3, 0.4) is 0 Å². The van der Waals surface area contributed by atoms with Crippen molar-refractivity contribution in [2.45, 2.75) is 26.3 Å². The summed E-state index contributed by atoms with van der Waals surface area (Å²) in [5.41, 5.74) is 2.71. The standard InChI is InChI=1S/C14H17N3O/c1-4-10(8-15)14(16-3)11-5-6-13-12(7-11)17-9(2)18-13/h5-7,10,14,16H,4H2,1-3H3. The molecule has 2 unspecified atom stereocenters. The molecule has 1 heterocycles. The molecule has 0 amide bonds. The van der Waals surface area contributed by atoms with Gasteiger partial charge in [0.05, 0.1) is 12.0 Å². The lowest BCUT2D eigenvalue weighted by molar-refractivity contribution is 0.449. The van der Waals surface area contributed by atoms with Gasteiger partial charge in [0, 0.05) is 13.0 Å². The number of rotatable bonds is 4. The van der Waals surface area contributed by atoms with Gasteiger partial charge in [0.25, 0.3) is 0 Å². The number of aryl methyl sites for hydroxylation is 1. The molecule has 2 atom stereocenters. The zero-order chi connectivity index (χ0) is 13.1. The Morgan fingerprint density at radius 1 is 1.50 bits per heavy atom. The third kappa shape index (κ3) is 2.22. The van der Waals surface area contributed by atoms with Crippen molar-refractivity contribution >= 4 is 11.1 Å². The minimum atomic E-state index is -0.0413. The van der Waals surface area contributed by atoms with Gasteiger partial charge in [0.2, 0.25) is 0 Å². The highest BCUT2D eigenvalue weighted by atomic mass is 16.3. The summed E-state index contributed by atoms with van der Waals surface area (Å²) in [6.45, 7) is 3.86. The topological polar surface area (TPSA) is 61.9 Å². The van der Waals surface area contributed by atoms with Crippen molar-refractivity contribution in [1.82, 2.24) is 10.3 Å².